The van der Waals surface area contributed by atoms with Crippen LogP contribution in [0.3, 0.4) is 0 Å². The summed E-state index contributed by atoms with van der Waals surface area (Å²) in [5.41, 5.74) is 11.4. The minimum atomic E-state index is -0.0183. The Kier molecular flexibility index (Phi) is 7.17. The average Bonchev–Trinajstić information content (AvgIpc) is 3.73. The summed E-state index contributed by atoms with van der Waals surface area (Å²) < 4.78 is 0. The second kappa shape index (κ2) is 12.3. The van der Waals surface area contributed by atoms with Crippen LogP contribution in [0.1, 0.15) is 11.6 Å². The largest absolute Gasteiger partial charge is 0.281 e. The van der Waals surface area contributed by atoms with E-state index in [1.165, 1.54) is 10.9 Å². The van der Waals surface area contributed by atoms with E-state index in [9.17, 15) is 0 Å². The maximum atomic E-state index is 5.23. The van der Waals surface area contributed by atoms with Gasteiger partial charge in [-0.05, 0) is 46.4 Å². The van der Waals surface area contributed by atoms with Gasteiger partial charge < -0.3 is 0 Å². The lowest BCUT2D eigenvalue weighted by atomic mass is 9.92. The SMILES string of the molecule is C1=CC(c2cccc3c(-c4ccccc4)nc4ccc(-c5ccc(-c6cc(-c7ccccc7)nc(-c7ccccc7)n6)cc5)cc4c23)N=C1. The van der Waals surface area contributed by atoms with Crippen molar-refractivity contribution >= 4 is 27.9 Å². The van der Waals surface area contributed by atoms with Crippen LogP contribution in [0.4, 0.5) is 0 Å². The molecule has 0 fully saturated rings. The second-order valence-electron chi connectivity index (χ2n) is 12.2. The first-order valence-electron chi connectivity index (χ1n) is 16.5. The molecule has 6 aromatic carbocycles. The zero-order chi connectivity index (χ0) is 32.6. The fourth-order valence-electron chi connectivity index (χ4n) is 6.76. The highest BCUT2D eigenvalue weighted by atomic mass is 14.9. The van der Waals surface area contributed by atoms with Gasteiger partial charge in [0, 0.05) is 39.2 Å². The van der Waals surface area contributed by atoms with Crippen molar-refractivity contribution in [3.63, 3.8) is 0 Å². The number of fused-ring (bicyclic) bond motifs is 3. The molecule has 3 heterocycles. The summed E-state index contributed by atoms with van der Waals surface area (Å²) in [6.07, 6.45) is 6.08. The highest BCUT2D eigenvalue weighted by molar-refractivity contribution is 6.13. The predicted molar refractivity (Wildman–Crippen MR) is 202 cm³/mol. The van der Waals surface area contributed by atoms with Crippen molar-refractivity contribution in [3.05, 3.63) is 175 Å². The van der Waals surface area contributed by atoms with Gasteiger partial charge in [0.2, 0.25) is 0 Å². The molecule has 4 nitrogen and oxygen atoms in total. The second-order valence-corrected chi connectivity index (χ2v) is 12.2. The molecular weight excluding hydrogens is 597 g/mol. The van der Waals surface area contributed by atoms with E-state index in [1.807, 2.05) is 54.8 Å². The predicted octanol–water partition coefficient (Wildman–Crippen LogP) is 11.2. The Morgan fingerprint density at radius 1 is 0.429 bits per heavy atom. The number of nitrogens with zero attached hydrogens (tertiary/aromatic N) is 4. The third-order valence-corrected chi connectivity index (χ3v) is 9.18. The van der Waals surface area contributed by atoms with Crippen molar-refractivity contribution in [3.8, 4) is 56.3 Å². The van der Waals surface area contributed by atoms with Gasteiger partial charge in [-0.1, -0.05) is 146 Å². The van der Waals surface area contributed by atoms with Crippen molar-refractivity contribution in [2.45, 2.75) is 6.04 Å². The minimum absolute atomic E-state index is 0.0183. The zero-order valence-corrected chi connectivity index (χ0v) is 26.6. The highest BCUT2D eigenvalue weighted by Crippen LogP contribution is 2.40. The molecule has 9 rings (SSSR count). The van der Waals surface area contributed by atoms with Crippen LogP contribution in [0.2, 0.25) is 0 Å². The first-order chi connectivity index (χ1) is 24.3. The number of rotatable bonds is 6. The van der Waals surface area contributed by atoms with E-state index in [4.69, 9.17) is 19.9 Å². The third kappa shape index (κ3) is 5.39. The Hall–Kier alpha value is -6.52. The molecule has 1 aliphatic rings. The smallest absolute Gasteiger partial charge is 0.160 e. The molecule has 230 valence electrons. The normalized spacial score (nSPS) is 13.8. The van der Waals surface area contributed by atoms with Crippen LogP contribution in [-0.2, 0) is 0 Å². The van der Waals surface area contributed by atoms with Crippen molar-refractivity contribution in [2.24, 2.45) is 4.99 Å². The summed E-state index contributed by atoms with van der Waals surface area (Å²) in [5.74, 6) is 0.710. The quantitative estimate of drug-likeness (QED) is 0.173. The van der Waals surface area contributed by atoms with Crippen molar-refractivity contribution in [1.82, 2.24) is 15.0 Å². The molecular formula is C45H30N4. The van der Waals surface area contributed by atoms with Gasteiger partial charge >= 0.3 is 0 Å². The molecule has 0 amide bonds. The van der Waals surface area contributed by atoms with Crippen LogP contribution < -0.4 is 0 Å². The van der Waals surface area contributed by atoms with E-state index in [0.29, 0.717) is 5.82 Å². The van der Waals surface area contributed by atoms with Crippen LogP contribution in [0.15, 0.2) is 175 Å². The van der Waals surface area contributed by atoms with E-state index < -0.39 is 0 Å². The van der Waals surface area contributed by atoms with Crippen LogP contribution in [0, 0.1) is 0 Å². The number of hydrogen-bond acceptors (Lipinski definition) is 4. The fraction of sp³-hybridized carbons (Fsp3) is 0.0222. The molecule has 4 heteroatoms. The Labute approximate surface area is 284 Å². The molecule has 8 aromatic rings. The first-order valence-corrected chi connectivity index (χ1v) is 16.5. The number of aliphatic imine (C=N–C) groups is 1. The lowest BCUT2D eigenvalue weighted by Gasteiger charge is -2.16. The van der Waals surface area contributed by atoms with Crippen molar-refractivity contribution < 1.29 is 0 Å². The monoisotopic (exact) mass is 626 g/mol. The lowest BCUT2D eigenvalue weighted by Crippen LogP contribution is -1.96. The molecule has 1 aliphatic heterocycles. The van der Waals surface area contributed by atoms with E-state index >= 15 is 0 Å². The van der Waals surface area contributed by atoms with E-state index in [2.05, 4.69) is 121 Å². The summed E-state index contributed by atoms with van der Waals surface area (Å²) in [7, 11) is 0. The molecule has 0 spiro atoms. The number of allylic oxidation sites excluding steroid dienone is 1. The molecule has 0 radical (unpaired) electrons. The number of benzene rings is 6. The minimum Gasteiger partial charge on any atom is -0.281 e. The van der Waals surface area contributed by atoms with E-state index in [-0.39, 0.29) is 6.04 Å². The van der Waals surface area contributed by atoms with E-state index in [1.54, 1.807) is 0 Å². The third-order valence-electron chi connectivity index (χ3n) is 9.18. The summed E-state index contributed by atoms with van der Waals surface area (Å²) >= 11 is 0. The fourth-order valence-corrected chi connectivity index (χ4v) is 6.76. The zero-order valence-electron chi connectivity index (χ0n) is 26.6. The molecule has 49 heavy (non-hydrogen) atoms. The van der Waals surface area contributed by atoms with Crippen molar-refractivity contribution in [2.75, 3.05) is 0 Å². The van der Waals surface area contributed by atoms with Gasteiger partial charge in [-0.2, -0.15) is 0 Å². The Morgan fingerprint density at radius 2 is 1.04 bits per heavy atom. The maximum Gasteiger partial charge on any atom is 0.160 e. The van der Waals surface area contributed by atoms with Crippen LogP contribution in [-0.4, -0.2) is 21.2 Å². The lowest BCUT2D eigenvalue weighted by molar-refractivity contribution is 0.948. The van der Waals surface area contributed by atoms with Gasteiger partial charge in [-0.15, -0.1) is 0 Å². The first kappa shape index (κ1) is 28.7. The Morgan fingerprint density at radius 3 is 1.71 bits per heavy atom. The summed E-state index contributed by atoms with van der Waals surface area (Å²) in [4.78, 5) is 20.0. The molecule has 0 saturated heterocycles. The maximum absolute atomic E-state index is 5.23. The molecule has 0 aliphatic carbocycles. The Balaban J connectivity index is 1.16. The topological polar surface area (TPSA) is 51.0 Å². The molecule has 0 bridgehead atoms. The summed E-state index contributed by atoms with van der Waals surface area (Å²) in [5, 5.41) is 3.45. The van der Waals surface area contributed by atoms with Gasteiger partial charge in [0.1, 0.15) is 0 Å². The average molecular weight is 627 g/mol. The van der Waals surface area contributed by atoms with Crippen LogP contribution in [0.5, 0.6) is 0 Å². The van der Waals surface area contributed by atoms with Gasteiger partial charge in [-0.25, -0.2) is 15.0 Å². The van der Waals surface area contributed by atoms with Gasteiger partial charge in [-0.3, -0.25) is 4.99 Å². The number of aromatic nitrogens is 3. The molecule has 1 unspecified atom stereocenters. The Bertz CT molecular complexity index is 2450. The molecule has 1 atom stereocenters. The molecule has 2 aromatic heterocycles. The van der Waals surface area contributed by atoms with Crippen LogP contribution >= 0.6 is 0 Å². The number of pyridine rings is 1. The van der Waals surface area contributed by atoms with Gasteiger partial charge in [0.15, 0.2) is 5.82 Å². The number of hydrogen-bond donors (Lipinski definition) is 0. The van der Waals surface area contributed by atoms with Crippen molar-refractivity contribution in [1.29, 1.82) is 0 Å². The van der Waals surface area contributed by atoms with E-state index in [0.717, 1.165) is 66.8 Å². The highest BCUT2D eigenvalue weighted by Gasteiger charge is 2.19. The van der Waals surface area contributed by atoms with Gasteiger partial charge in [0.25, 0.3) is 0 Å². The van der Waals surface area contributed by atoms with Gasteiger partial charge in [0.05, 0.1) is 28.6 Å². The summed E-state index contributed by atoms with van der Waals surface area (Å²) in [6.45, 7) is 0. The van der Waals surface area contributed by atoms with Crippen LogP contribution in [0.25, 0.3) is 78.0 Å². The molecule has 0 saturated carbocycles. The molecule has 0 N–H and O–H groups in total. The standard InChI is InChI=1S/C45H30N4/c1-4-12-31(13-5-1)41-29-42(49-45(48-41)34-16-8-3-9-17-34)32-23-21-30(22-24-32)35-25-26-40-38(28-35)43-36(39-20-11-27-46-39)18-10-19-37(43)44(47-40)33-14-6-2-7-15-33/h1-29,39H. The summed E-state index contributed by atoms with van der Waals surface area (Å²) in [6, 6.07) is 54.8.